The Hall–Kier alpha value is -3.87. The standard InChI is InChI=1S/C26H27N5O2/c1-18-24(20-7-5-4-6-8-20)25-27-17-23(19(2)31(25)28-18)26(32)30-15-13-29(14-16-30)21-9-11-22(33-3)12-10-21/h4-12,17H,13-16H2,1-3H3. The highest BCUT2D eigenvalue weighted by Gasteiger charge is 2.25. The zero-order valence-electron chi connectivity index (χ0n) is 19.2. The predicted octanol–water partition coefficient (Wildman–Crippen LogP) is 3.98. The number of anilines is 1. The van der Waals surface area contributed by atoms with Gasteiger partial charge in [-0.25, -0.2) is 9.50 Å². The van der Waals surface area contributed by atoms with Crippen LogP contribution in [0.1, 0.15) is 21.7 Å². The van der Waals surface area contributed by atoms with Crippen LogP contribution >= 0.6 is 0 Å². The van der Waals surface area contributed by atoms with E-state index in [1.54, 1.807) is 17.8 Å². The van der Waals surface area contributed by atoms with E-state index in [-0.39, 0.29) is 5.91 Å². The molecule has 1 amide bonds. The van der Waals surface area contributed by atoms with Crippen LogP contribution in [0.25, 0.3) is 16.8 Å². The highest BCUT2D eigenvalue weighted by molar-refractivity contribution is 5.96. The number of aryl methyl sites for hydroxylation is 2. The lowest BCUT2D eigenvalue weighted by Gasteiger charge is -2.36. The Bertz CT molecular complexity index is 1290. The maximum atomic E-state index is 13.4. The number of benzene rings is 2. The van der Waals surface area contributed by atoms with Crippen molar-refractivity contribution in [3.05, 3.63) is 77.7 Å². The first-order valence-corrected chi connectivity index (χ1v) is 11.2. The second-order valence-corrected chi connectivity index (χ2v) is 8.30. The van der Waals surface area contributed by atoms with Crippen LogP contribution in [0.5, 0.6) is 5.75 Å². The van der Waals surface area contributed by atoms with Crippen LogP contribution < -0.4 is 9.64 Å². The maximum Gasteiger partial charge on any atom is 0.257 e. The van der Waals surface area contributed by atoms with Crippen LogP contribution in [-0.4, -0.2) is 58.7 Å². The maximum absolute atomic E-state index is 13.4. The van der Waals surface area contributed by atoms with E-state index in [1.807, 2.05) is 49.1 Å². The Morgan fingerprint density at radius 2 is 1.64 bits per heavy atom. The first kappa shape index (κ1) is 21.0. The van der Waals surface area contributed by atoms with Crippen molar-refractivity contribution in [3.8, 4) is 16.9 Å². The molecule has 2 aromatic carbocycles. The number of methoxy groups -OCH3 is 1. The molecule has 0 aliphatic carbocycles. The largest absolute Gasteiger partial charge is 0.497 e. The molecule has 0 spiro atoms. The number of carbonyl (C=O) groups excluding carboxylic acids is 1. The third-order valence-corrected chi connectivity index (χ3v) is 6.36. The highest BCUT2D eigenvalue weighted by atomic mass is 16.5. The molecule has 5 rings (SSSR count). The van der Waals surface area contributed by atoms with E-state index in [0.717, 1.165) is 52.7 Å². The van der Waals surface area contributed by atoms with Crippen molar-refractivity contribution in [2.75, 3.05) is 38.2 Å². The molecule has 3 heterocycles. The van der Waals surface area contributed by atoms with Crippen molar-refractivity contribution in [3.63, 3.8) is 0 Å². The summed E-state index contributed by atoms with van der Waals surface area (Å²) in [6.07, 6.45) is 1.70. The number of amides is 1. The molecule has 7 heteroatoms. The molecule has 7 nitrogen and oxygen atoms in total. The van der Waals surface area contributed by atoms with E-state index < -0.39 is 0 Å². The second-order valence-electron chi connectivity index (χ2n) is 8.30. The van der Waals surface area contributed by atoms with Gasteiger partial charge in [-0.05, 0) is 43.7 Å². The fourth-order valence-corrected chi connectivity index (χ4v) is 4.49. The number of ether oxygens (including phenoxy) is 1. The third kappa shape index (κ3) is 3.80. The molecule has 0 N–H and O–H groups in total. The SMILES string of the molecule is COc1ccc(N2CCN(C(=O)c3cnc4c(-c5ccccc5)c(C)nn4c3C)CC2)cc1. The number of piperazine rings is 1. The van der Waals surface area contributed by atoms with E-state index in [4.69, 9.17) is 9.84 Å². The number of rotatable bonds is 4. The molecule has 0 bridgehead atoms. The van der Waals surface area contributed by atoms with Crippen molar-refractivity contribution in [2.45, 2.75) is 13.8 Å². The summed E-state index contributed by atoms with van der Waals surface area (Å²) in [5.41, 5.74) is 6.31. The zero-order valence-corrected chi connectivity index (χ0v) is 19.2. The molecule has 1 saturated heterocycles. The summed E-state index contributed by atoms with van der Waals surface area (Å²) >= 11 is 0. The highest BCUT2D eigenvalue weighted by Crippen LogP contribution is 2.28. The number of hydrogen-bond acceptors (Lipinski definition) is 5. The first-order valence-electron chi connectivity index (χ1n) is 11.2. The second kappa shape index (κ2) is 8.58. The van der Waals surface area contributed by atoms with Crippen LogP contribution in [0.4, 0.5) is 5.69 Å². The minimum Gasteiger partial charge on any atom is -0.497 e. The lowest BCUT2D eigenvalue weighted by Crippen LogP contribution is -2.49. The number of aromatic nitrogens is 3. The van der Waals surface area contributed by atoms with Crippen molar-refractivity contribution in [1.82, 2.24) is 19.5 Å². The monoisotopic (exact) mass is 441 g/mol. The van der Waals surface area contributed by atoms with Gasteiger partial charge in [0, 0.05) is 43.6 Å². The van der Waals surface area contributed by atoms with Crippen LogP contribution in [0.15, 0.2) is 60.8 Å². The fraction of sp³-hybridized carbons (Fsp3) is 0.269. The average Bonchev–Trinajstić information content (AvgIpc) is 3.21. The molecule has 1 aliphatic rings. The van der Waals surface area contributed by atoms with Crippen LogP contribution in [0.2, 0.25) is 0 Å². The Morgan fingerprint density at radius 1 is 0.939 bits per heavy atom. The lowest BCUT2D eigenvalue weighted by atomic mass is 10.1. The molecule has 4 aromatic rings. The molecule has 0 atom stereocenters. The van der Waals surface area contributed by atoms with Crippen molar-refractivity contribution >= 4 is 17.2 Å². The molecule has 2 aromatic heterocycles. The van der Waals surface area contributed by atoms with Gasteiger partial charge in [0.2, 0.25) is 0 Å². The Labute approximate surface area is 193 Å². The summed E-state index contributed by atoms with van der Waals surface area (Å²) in [6.45, 7) is 6.82. The van der Waals surface area contributed by atoms with Gasteiger partial charge in [-0.1, -0.05) is 30.3 Å². The van der Waals surface area contributed by atoms with Crippen LogP contribution in [-0.2, 0) is 0 Å². The van der Waals surface area contributed by atoms with Gasteiger partial charge in [0.05, 0.1) is 24.1 Å². The third-order valence-electron chi connectivity index (χ3n) is 6.36. The minimum atomic E-state index is 0.00527. The number of hydrogen-bond donors (Lipinski definition) is 0. The molecule has 1 aliphatic heterocycles. The summed E-state index contributed by atoms with van der Waals surface area (Å²) in [5.74, 6) is 0.848. The molecule has 0 saturated carbocycles. The van der Waals surface area contributed by atoms with Crippen LogP contribution in [0.3, 0.4) is 0 Å². The molecule has 0 unspecified atom stereocenters. The summed E-state index contributed by atoms with van der Waals surface area (Å²) in [6, 6.07) is 18.2. The molecule has 33 heavy (non-hydrogen) atoms. The first-order chi connectivity index (χ1) is 16.1. The zero-order chi connectivity index (χ0) is 22.9. The molecule has 168 valence electrons. The van der Waals surface area contributed by atoms with E-state index in [1.165, 1.54) is 0 Å². The fourth-order valence-electron chi connectivity index (χ4n) is 4.49. The molecular formula is C26H27N5O2. The van der Waals surface area contributed by atoms with Crippen molar-refractivity contribution in [1.29, 1.82) is 0 Å². The lowest BCUT2D eigenvalue weighted by molar-refractivity contribution is 0.0745. The normalized spacial score (nSPS) is 14.0. The topological polar surface area (TPSA) is 63.0 Å². The van der Waals surface area contributed by atoms with Gasteiger partial charge in [-0.3, -0.25) is 4.79 Å². The van der Waals surface area contributed by atoms with Gasteiger partial charge in [0.15, 0.2) is 5.65 Å². The Morgan fingerprint density at radius 3 is 2.30 bits per heavy atom. The van der Waals surface area contributed by atoms with Gasteiger partial charge in [0.1, 0.15) is 5.75 Å². The molecule has 1 fully saturated rings. The van der Waals surface area contributed by atoms with Gasteiger partial charge < -0.3 is 14.5 Å². The van der Waals surface area contributed by atoms with E-state index >= 15 is 0 Å². The van der Waals surface area contributed by atoms with Crippen LogP contribution in [0, 0.1) is 13.8 Å². The minimum absolute atomic E-state index is 0.00527. The van der Waals surface area contributed by atoms with E-state index in [0.29, 0.717) is 18.7 Å². The predicted molar refractivity (Wildman–Crippen MR) is 129 cm³/mol. The van der Waals surface area contributed by atoms with Gasteiger partial charge in [-0.15, -0.1) is 0 Å². The summed E-state index contributed by atoms with van der Waals surface area (Å²) in [5, 5.41) is 4.71. The Balaban J connectivity index is 1.36. The molecular weight excluding hydrogens is 414 g/mol. The van der Waals surface area contributed by atoms with Gasteiger partial charge >= 0.3 is 0 Å². The van der Waals surface area contributed by atoms with Gasteiger partial charge in [-0.2, -0.15) is 5.10 Å². The molecule has 0 radical (unpaired) electrons. The van der Waals surface area contributed by atoms with Crippen molar-refractivity contribution < 1.29 is 9.53 Å². The van der Waals surface area contributed by atoms with E-state index in [2.05, 4.69) is 34.1 Å². The average molecular weight is 442 g/mol. The van der Waals surface area contributed by atoms with Gasteiger partial charge in [0.25, 0.3) is 5.91 Å². The quantitative estimate of drug-likeness (QED) is 0.479. The summed E-state index contributed by atoms with van der Waals surface area (Å²) < 4.78 is 7.05. The smallest absolute Gasteiger partial charge is 0.257 e. The number of fused-ring (bicyclic) bond motifs is 1. The number of nitrogens with zero attached hydrogens (tertiary/aromatic N) is 5. The van der Waals surface area contributed by atoms with E-state index in [9.17, 15) is 4.79 Å². The van der Waals surface area contributed by atoms with Crippen molar-refractivity contribution in [2.24, 2.45) is 0 Å². The summed E-state index contributed by atoms with van der Waals surface area (Å²) in [7, 11) is 1.67. The summed E-state index contributed by atoms with van der Waals surface area (Å²) in [4.78, 5) is 22.2. The number of carbonyl (C=O) groups is 1. The Kier molecular flexibility index (Phi) is 5.46.